The maximum absolute atomic E-state index is 13.3. The van der Waals surface area contributed by atoms with Crippen LogP contribution in [-0.4, -0.2) is 35.4 Å². The largest absolute Gasteiger partial charge is 0.483 e. The third-order valence-electron chi connectivity index (χ3n) is 5.73. The molecule has 0 saturated heterocycles. The van der Waals surface area contributed by atoms with Gasteiger partial charge in [0.1, 0.15) is 11.8 Å². The molecule has 0 aromatic heterocycles. The molecule has 0 saturated carbocycles. The summed E-state index contributed by atoms with van der Waals surface area (Å²) in [5, 5.41) is 3.02. The molecule has 2 aromatic rings. The number of nitrogens with zero attached hydrogens (tertiary/aromatic N) is 1. The lowest BCUT2D eigenvalue weighted by molar-refractivity contribution is -0.143. The number of carbonyl (C=O) groups is 2. The van der Waals surface area contributed by atoms with Crippen LogP contribution in [0.15, 0.2) is 53.0 Å². The van der Waals surface area contributed by atoms with Crippen LogP contribution in [0.4, 0.5) is 0 Å². The summed E-state index contributed by atoms with van der Waals surface area (Å²) in [6, 6.07) is 15.1. The number of halogens is 1. The van der Waals surface area contributed by atoms with Crippen molar-refractivity contribution in [1.29, 1.82) is 0 Å². The summed E-state index contributed by atoms with van der Waals surface area (Å²) >= 11 is 3.57. The molecule has 0 spiro atoms. The molecule has 1 N–H and O–H groups in total. The first-order chi connectivity index (χ1) is 15.6. The van der Waals surface area contributed by atoms with Crippen LogP contribution in [0.3, 0.4) is 0 Å². The summed E-state index contributed by atoms with van der Waals surface area (Å²) in [5.41, 5.74) is 2.16. The van der Waals surface area contributed by atoms with Gasteiger partial charge in [0, 0.05) is 12.6 Å². The van der Waals surface area contributed by atoms with Crippen molar-refractivity contribution in [2.45, 2.75) is 78.4 Å². The molecular formula is C27H37BrN2O3. The summed E-state index contributed by atoms with van der Waals surface area (Å²) < 4.78 is 6.70. The number of benzene rings is 2. The average Bonchev–Trinajstić information content (AvgIpc) is 2.77. The fourth-order valence-electron chi connectivity index (χ4n) is 3.45. The summed E-state index contributed by atoms with van der Waals surface area (Å²) in [7, 11) is 0. The highest BCUT2D eigenvalue weighted by atomic mass is 79.9. The highest BCUT2D eigenvalue weighted by Gasteiger charge is 2.29. The number of nitrogens with one attached hydrogen (secondary N) is 1. The Morgan fingerprint density at radius 3 is 2.27 bits per heavy atom. The lowest BCUT2D eigenvalue weighted by Gasteiger charge is -2.31. The van der Waals surface area contributed by atoms with Gasteiger partial charge >= 0.3 is 0 Å². The van der Waals surface area contributed by atoms with E-state index in [0.717, 1.165) is 16.5 Å². The smallest absolute Gasteiger partial charge is 0.261 e. The molecule has 6 heteroatoms. The molecule has 2 amide bonds. The molecule has 0 radical (unpaired) electrons. The first-order valence-electron chi connectivity index (χ1n) is 11.6. The van der Waals surface area contributed by atoms with E-state index in [1.165, 1.54) is 5.56 Å². The first-order valence-corrected chi connectivity index (χ1v) is 12.4. The van der Waals surface area contributed by atoms with Gasteiger partial charge in [0.05, 0.1) is 4.47 Å². The number of rotatable bonds is 10. The maximum atomic E-state index is 13.3. The Labute approximate surface area is 207 Å². The van der Waals surface area contributed by atoms with Crippen molar-refractivity contribution < 1.29 is 14.3 Å². The molecule has 2 aromatic carbocycles. The number of ether oxygens (including phenoxy) is 1. The monoisotopic (exact) mass is 516 g/mol. The molecule has 180 valence electrons. The molecule has 2 atom stereocenters. The molecule has 5 nitrogen and oxygen atoms in total. The van der Waals surface area contributed by atoms with Gasteiger partial charge in [-0.15, -0.1) is 0 Å². The van der Waals surface area contributed by atoms with Gasteiger partial charge in [-0.2, -0.15) is 0 Å². The minimum Gasteiger partial charge on any atom is -0.483 e. The quantitative estimate of drug-likeness (QED) is 0.430. The Morgan fingerprint density at radius 1 is 1.06 bits per heavy atom. The van der Waals surface area contributed by atoms with Crippen LogP contribution >= 0.6 is 15.9 Å². The molecule has 0 aliphatic heterocycles. The van der Waals surface area contributed by atoms with Crippen molar-refractivity contribution in [3.05, 3.63) is 64.1 Å². The highest BCUT2D eigenvalue weighted by molar-refractivity contribution is 9.10. The fourth-order valence-corrected chi connectivity index (χ4v) is 3.94. The van der Waals surface area contributed by atoms with Crippen LogP contribution in [0.5, 0.6) is 5.75 Å². The average molecular weight is 518 g/mol. The van der Waals surface area contributed by atoms with Crippen LogP contribution in [0.1, 0.15) is 65.5 Å². The van der Waals surface area contributed by atoms with E-state index >= 15 is 0 Å². The van der Waals surface area contributed by atoms with E-state index in [1.807, 2.05) is 69.3 Å². The summed E-state index contributed by atoms with van der Waals surface area (Å²) in [6.45, 7) is 12.6. The van der Waals surface area contributed by atoms with Gasteiger partial charge in [-0.05, 0) is 64.4 Å². The second-order valence-corrected chi connectivity index (χ2v) is 10.3. The third-order valence-corrected chi connectivity index (χ3v) is 6.35. The standard InChI is InChI=1S/C27H37BrN2O3/c1-7-19(3)29-26(32)23(8-2)30(17-20-12-10-9-11-13-20)25(31)18-33-24-15-14-21(16-22(24)28)27(4,5)6/h9-16,19,23H,7-8,17-18H2,1-6H3,(H,29,32)/t19-,23-/m1/s1. The number of hydrogen-bond acceptors (Lipinski definition) is 3. The van der Waals surface area contributed by atoms with E-state index < -0.39 is 6.04 Å². The van der Waals surface area contributed by atoms with Crippen molar-refractivity contribution in [2.75, 3.05) is 6.61 Å². The van der Waals surface area contributed by atoms with Crippen molar-refractivity contribution in [1.82, 2.24) is 10.2 Å². The van der Waals surface area contributed by atoms with Crippen molar-refractivity contribution in [2.24, 2.45) is 0 Å². The van der Waals surface area contributed by atoms with Crippen molar-refractivity contribution >= 4 is 27.7 Å². The summed E-state index contributed by atoms with van der Waals surface area (Å²) in [5.74, 6) is 0.247. The molecule has 2 rings (SSSR count). The van der Waals surface area contributed by atoms with Gasteiger partial charge < -0.3 is 15.0 Å². The Hall–Kier alpha value is -2.34. The maximum Gasteiger partial charge on any atom is 0.261 e. The summed E-state index contributed by atoms with van der Waals surface area (Å²) in [6.07, 6.45) is 1.35. The molecule has 0 bridgehead atoms. The van der Waals surface area contributed by atoms with Gasteiger partial charge in [-0.25, -0.2) is 0 Å². The normalized spacial score (nSPS) is 13.2. The van der Waals surface area contributed by atoms with E-state index in [-0.39, 0.29) is 29.9 Å². The van der Waals surface area contributed by atoms with Crippen LogP contribution < -0.4 is 10.1 Å². The van der Waals surface area contributed by atoms with Gasteiger partial charge in [-0.3, -0.25) is 9.59 Å². The Balaban J connectivity index is 2.21. The van der Waals surface area contributed by atoms with Crippen LogP contribution in [0.2, 0.25) is 0 Å². The number of hydrogen-bond donors (Lipinski definition) is 1. The van der Waals surface area contributed by atoms with Gasteiger partial charge in [0.25, 0.3) is 5.91 Å². The van der Waals surface area contributed by atoms with Gasteiger partial charge in [0.15, 0.2) is 6.61 Å². The zero-order valence-electron chi connectivity index (χ0n) is 20.7. The SMILES string of the molecule is CC[C@@H](C)NC(=O)[C@@H](CC)N(Cc1ccccc1)C(=O)COc1ccc(C(C)(C)C)cc1Br. The molecule has 0 fully saturated rings. The third kappa shape index (κ3) is 7.88. The number of amides is 2. The van der Waals surface area contributed by atoms with Crippen LogP contribution in [-0.2, 0) is 21.5 Å². The van der Waals surface area contributed by atoms with Gasteiger partial charge in [0.2, 0.25) is 5.91 Å². The zero-order valence-corrected chi connectivity index (χ0v) is 22.2. The molecule has 33 heavy (non-hydrogen) atoms. The second-order valence-electron chi connectivity index (χ2n) is 9.43. The Bertz CT molecular complexity index is 925. The number of carbonyl (C=O) groups excluding carboxylic acids is 2. The van der Waals surface area contributed by atoms with E-state index in [1.54, 1.807) is 4.90 Å². The van der Waals surface area contributed by atoms with Crippen molar-refractivity contribution in [3.63, 3.8) is 0 Å². The molecule has 0 aliphatic rings. The van der Waals surface area contributed by atoms with Crippen molar-refractivity contribution in [3.8, 4) is 5.75 Å². The molecule has 0 heterocycles. The van der Waals surface area contributed by atoms with E-state index in [0.29, 0.717) is 18.7 Å². The predicted molar refractivity (Wildman–Crippen MR) is 137 cm³/mol. The lowest BCUT2D eigenvalue weighted by Crippen LogP contribution is -2.51. The van der Waals surface area contributed by atoms with Crippen LogP contribution in [0.25, 0.3) is 0 Å². The fraction of sp³-hybridized carbons (Fsp3) is 0.481. The Morgan fingerprint density at radius 2 is 1.73 bits per heavy atom. The van der Waals surface area contributed by atoms with E-state index in [9.17, 15) is 9.59 Å². The predicted octanol–water partition coefficient (Wildman–Crippen LogP) is 5.85. The minimum atomic E-state index is -0.568. The molecule has 0 aliphatic carbocycles. The van der Waals surface area contributed by atoms with Crippen LogP contribution in [0, 0.1) is 0 Å². The molecular weight excluding hydrogens is 480 g/mol. The molecule has 0 unspecified atom stereocenters. The topological polar surface area (TPSA) is 58.6 Å². The lowest BCUT2D eigenvalue weighted by atomic mass is 9.87. The van der Waals surface area contributed by atoms with E-state index in [2.05, 4.69) is 42.0 Å². The highest BCUT2D eigenvalue weighted by Crippen LogP contribution is 2.31. The van der Waals surface area contributed by atoms with Gasteiger partial charge in [-0.1, -0.05) is 71.0 Å². The Kier molecular flexibility index (Phi) is 9.96. The first kappa shape index (κ1) is 26.9. The second kappa shape index (κ2) is 12.2. The summed E-state index contributed by atoms with van der Waals surface area (Å²) in [4.78, 5) is 27.9. The van der Waals surface area contributed by atoms with E-state index in [4.69, 9.17) is 4.74 Å². The zero-order chi connectivity index (χ0) is 24.6. The minimum absolute atomic E-state index is 0.0146.